The Morgan fingerprint density at radius 3 is 2.61 bits per heavy atom. The summed E-state index contributed by atoms with van der Waals surface area (Å²) in [5, 5.41) is 1.76. The van der Waals surface area contributed by atoms with Crippen LogP contribution in [0.3, 0.4) is 0 Å². The molecule has 36 heavy (non-hydrogen) atoms. The van der Waals surface area contributed by atoms with Gasteiger partial charge in [-0.15, -0.1) is 11.8 Å². The number of alkyl halides is 3. The van der Waals surface area contributed by atoms with Crippen LogP contribution in [-0.2, 0) is 19.1 Å². The molecule has 0 saturated heterocycles. The standard InChI is InChI=1S/C27H37F3O4S2/c1-6-23(32)34-27(13-36-14-28)16(2)9-18-19-12-21(29)20-10-17(31)11-22(33-15-35-5)25(20,4)26(19,30)8-7-24(18,27)3/h10-11,13,16,18-19,21,36H,6-9,12,14-15H2,1-5H3/t16-,18+,19+,21+,24+,25+,26-,27-/m1/s1. The maximum atomic E-state index is 17.7. The SMILES string of the molecule is CCC(=O)O[C@]1(C=[SH]CF)[C@H](C)C[C@H]2[C@@H]3C[C@H](F)C4=CC(=O)C=C(OCSC)[C@@]4(C)[C@@]3(F)CC[C@@]21C. The summed E-state index contributed by atoms with van der Waals surface area (Å²) in [6, 6.07) is -0.608. The number of ketones is 1. The fraction of sp³-hybridized carbons (Fsp3) is 0.741. The number of thioether (sulfide) groups is 1. The molecule has 9 heteroatoms. The van der Waals surface area contributed by atoms with Gasteiger partial charge < -0.3 is 9.47 Å². The van der Waals surface area contributed by atoms with E-state index in [2.05, 4.69) is 0 Å². The number of halogens is 3. The van der Waals surface area contributed by atoms with Crippen molar-refractivity contribution in [1.29, 1.82) is 0 Å². The van der Waals surface area contributed by atoms with Gasteiger partial charge in [0.25, 0.3) is 0 Å². The molecule has 0 aliphatic heterocycles. The molecule has 3 fully saturated rings. The van der Waals surface area contributed by atoms with E-state index in [0.29, 0.717) is 24.2 Å². The predicted octanol–water partition coefficient (Wildman–Crippen LogP) is 6.13. The minimum absolute atomic E-state index is 0.0490. The van der Waals surface area contributed by atoms with Crippen LogP contribution in [0.1, 0.15) is 59.8 Å². The van der Waals surface area contributed by atoms with Crippen molar-refractivity contribution >= 4 is 40.2 Å². The van der Waals surface area contributed by atoms with E-state index in [1.807, 2.05) is 20.1 Å². The zero-order valence-corrected chi connectivity index (χ0v) is 23.3. The Labute approximate surface area is 219 Å². The van der Waals surface area contributed by atoms with Gasteiger partial charge in [-0.2, -0.15) is 11.4 Å². The smallest absolute Gasteiger partial charge is 0.306 e. The summed E-state index contributed by atoms with van der Waals surface area (Å²) in [7, 11) is 0. The molecule has 0 radical (unpaired) electrons. The molecule has 8 atom stereocenters. The number of allylic oxidation sites excluding steroid dienone is 3. The number of fused-ring (bicyclic) bond motifs is 5. The lowest BCUT2D eigenvalue weighted by Gasteiger charge is -2.62. The average Bonchev–Trinajstić information content (AvgIpc) is 3.05. The van der Waals surface area contributed by atoms with E-state index >= 15 is 8.78 Å². The van der Waals surface area contributed by atoms with Crippen molar-refractivity contribution in [3.8, 4) is 0 Å². The molecule has 4 rings (SSSR count). The number of hydrogen-bond donors (Lipinski definition) is 1. The second-order valence-corrected chi connectivity index (χ2v) is 12.7. The summed E-state index contributed by atoms with van der Waals surface area (Å²) in [4.78, 5) is 25.0. The molecule has 0 amide bonds. The molecule has 4 aliphatic rings. The first-order chi connectivity index (χ1) is 16.9. The number of hydrogen-bond acceptors (Lipinski definition) is 5. The van der Waals surface area contributed by atoms with Crippen LogP contribution in [0.4, 0.5) is 13.2 Å². The van der Waals surface area contributed by atoms with Gasteiger partial charge in [-0.3, -0.25) is 9.59 Å². The van der Waals surface area contributed by atoms with Gasteiger partial charge in [0.15, 0.2) is 5.78 Å². The number of esters is 1. The van der Waals surface area contributed by atoms with Gasteiger partial charge in [0.2, 0.25) is 0 Å². The first kappa shape index (κ1) is 27.8. The lowest BCUT2D eigenvalue weighted by molar-refractivity contribution is -0.187. The molecule has 0 heterocycles. The van der Waals surface area contributed by atoms with Crippen LogP contribution in [0.25, 0.3) is 0 Å². The molecular weight excluding hydrogens is 509 g/mol. The summed E-state index contributed by atoms with van der Waals surface area (Å²) >= 11 is 1.80. The van der Waals surface area contributed by atoms with E-state index in [9.17, 15) is 14.0 Å². The zero-order valence-electron chi connectivity index (χ0n) is 21.6. The van der Waals surface area contributed by atoms with Crippen LogP contribution in [-0.4, -0.2) is 52.8 Å². The Balaban J connectivity index is 1.82. The van der Waals surface area contributed by atoms with Crippen molar-refractivity contribution in [1.82, 2.24) is 0 Å². The van der Waals surface area contributed by atoms with Gasteiger partial charge in [0, 0.05) is 29.7 Å². The Hall–Kier alpha value is -1.22. The normalized spacial score (nSPS) is 44.1. The van der Waals surface area contributed by atoms with Gasteiger partial charge in [-0.25, -0.2) is 13.2 Å². The van der Waals surface area contributed by atoms with Gasteiger partial charge in [-0.1, -0.05) is 20.8 Å². The van der Waals surface area contributed by atoms with E-state index in [0.717, 1.165) is 0 Å². The molecule has 0 aromatic carbocycles. The minimum Gasteiger partial charge on any atom is -0.486 e. The number of thiol groups is 1. The maximum absolute atomic E-state index is 17.7. The van der Waals surface area contributed by atoms with Crippen LogP contribution < -0.4 is 0 Å². The zero-order chi connectivity index (χ0) is 26.5. The maximum Gasteiger partial charge on any atom is 0.306 e. The van der Waals surface area contributed by atoms with Gasteiger partial charge in [-0.05, 0) is 61.8 Å². The Bertz CT molecular complexity index is 1010. The highest BCUT2D eigenvalue weighted by molar-refractivity contribution is 7.98. The molecule has 0 spiro atoms. The minimum atomic E-state index is -1.85. The molecule has 0 aromatic heterocycles. The highest BCUT2D eigenvalue weighted by atomic mass is 32.2. The van der Waals surface area contributed by atoms with Crippen molar-refractivity contribution in [2.75, 3.05) is 18.2 Å². The summed E-state index contributed by atoms with van der Waals surface area (Å²) in [5.41, 5.74) is -4.83. The summed E-state index contributed by atoms with van der Waals surface area (Å²) in [6.45, 7) is 7.35. The summed E-state index contributed by atoms with van der Waals surface area (Å²) < 4.78 is 58.9. The first-order valence-corrected chi connectivity index (χ1v) is 15.2. The van der Waals surface area contributed by atoms with Gasteiger partial charge >= 0.3 is 5.97 Å². The quantitative estimate of drug-likeness (QED) is 0.180. The van der Waals surface area contributed by atoms with Crippen molar-refractivity contribution in [2.24, 2.45) is 28.6 Å². The van der Waals surface area contributed by atoms with Crippen LogP contribution in [0.15, 0.2) is 23.5 Å². The Morgan fingerprint density at radius 2 is 1.97 bits per heavy atom. The van der Waals surface area contributed by atoms with Crippen molar-refractivity contribution in [3.63, 3.8) is 0 Å². The topological polar surface area (TPSA) is 52.6 Å². The van der Waals surface area contributed by atoms with Crippen LogP contribution in [0.2, 0.25) is 0 Å². The molecule has 0 bridgehead atoms. The van der Waals surface area contributed by atoms with E-state index in [-0.39, 0.29) is 60.1 Å². The molecule has 202 valence electrons. The fourth-order valence-corrected chi connectivity index (χ4v) is 8.97. The van der Waals surface area contributed by atoms with Crippen molar-refractivity contribution < 1.29 is 32.2 Å². The van der Waals surface area contributed by atoms with Crippen LogP contribution in [0.5, 0.6) is 0 Å². The second kappa shape index (κ2) is 9.83. The lowest BCUT2D eigenvalue weighted by Crippen LogP contribution is -2.65. The third kappa shape index (κ3) is 3.76. The van der Waals surface area contributed by atoms with E-state index in [4.69, 9.17) is 9.47 Å². The summed E-state index contributed by atoms with van der Waals surface area (Å²) in [5.74, 6) is -1.50. The molecule has 4 aliphatic carbocycles. The Morgan fingerprint density at radius 1 is 1.25 bits per heavy atom. The molecule has 0 N–H and O–H groups in total. The number of rotatable bonds is 7. The molecule has 3 saturated carbocycles. The van der Waals surface area contributed by atoms with Crippen LogP contribution >= 0.6 is 23.1 Å². The van der Waals surface area contributed by atoms with E-state index in [1.54, 1.807) is 19.2 Å². The third-order valence-electron chi connectivity index (χ3n) is 9.66. The largest absolute Gasteiger partial charge is 0.486 e. The number of carbonyl (C=O) groups is 2. The van der Waals surface area contributed by atoms with E-state index < -0.39 is 40.2 Å². The van der Waals surface area contributed by atoms with Crippen LogP contribution in [0, 0.1) is 28.6 Å². The average molecular weight is 547 g/mol. The Kier molecular flexibility index (Phi) is 7.59. The van der Waals surface area contributed by atoms with Gasteiger partial charge in [0.05, 0.1) is 5.41 Å². The molecule has 0 aromatic rings. The second-order valence-electron chi connectivity index (χ2n) is 11.1. The predicted molar refractivity (Wildman–Crippen MR) is 140 cm³/mol. The van der Waals surface area contributed by atoms with E-state index in [1.165, 1.54) is 23.9 Å². The number of carbonyl (C=O) groups excluding carboxylic acids is 2. The highest BCUT2D eigenvalue weighted by Gasteiger charge is 2.74. The monoisotopic (exact) mass is 546 g/mol. The highest BCUT2D eigenvalue weighted by Crippen LogP contribution is 2.72. The number of ether oxygens (including phenoxy) is 2. The fourth-order valence-electron chi connectivity index (χ4n) is 7.79. The molecule has 0 unspecified atom stereocenters. The lowest BCUT2D eigenvalue weighted by atomic mass is 9.45. The summed E-state index contributed by atoms with van der Waals surface area (Å²) in [6.07, 6.45) is 4.05. The molecular formula is C27H37F3O4S2. The first-order valence-electron chi connectivity index (χ1n) is 12.7. The van der Waals surface area contributed by atoms with Crippen molar-refractivity contribution in [2.45, 2.75) is 77.2 Å². The third-order valence-corrected chi connectivity index (χ3v) is 10.7. The van der Waals surface area contributed by atoms with Gasteiger partial charge in [0.1, 0.15) is 35.1 Å². The molecule has 4 nitrogen and oxygen atoms in total. The van der Waals surface area contributed by atoms with Crippen molar-refractivity contribution in [3.05, 3.63) is 23.5 Å².